The molecule has 1 heterocycles. The Bertz CT molecular complexity index is 1680. The van der Waals surface area contributed by atoms with Crippen molar-refractivity contribution in [2.75, 3.05) is 0 Å². The van der Waals surface area contributed by atoms with Crippen molar-refractivity contribution in [3.8, 4) is 0 Å². The molecule has 4 aromatic carbocycles. The maximum atomic E-state index is 12.1. The Kier molecular flexibility index (Phi) is 7.14. The van der Waals surface area contributed by atoms with E-state index in [0.717, 1.165) is 69.7 Å². The van der Waals surface area contributed by atoms with E-state index in [9.17, 15) is 15.3 Å². The van der Waals surface area contributed by atoms with E-state index in [2.05, 4.69) is 29.6 Å². The Labute approximate surface area is 222 Å². The van der Waals surface area contributed by atoms with Crippen LogP contribution in [0, 0.1) is 23.0 Å². The summed E-state index contributed by atoms with van der Waals surface area (Å²) in [5.41, 5.74) is 5.26. The molecule has 0 aliphatic heterocycles. The number of nitrogens with zero attached hydrogens (tertiary/aromatic N) is 3. The number of rotatable bonds is 9. The van der Waals surface area contributed by atoms with Gasteiger partial charge in [-0.1, -0.05) is 86.8 Å². The van der Waals surface area contributed by atoms with Crippen LogP contribution in [0.5, 0.6) is 0 Å². The van der Waals surface area contributed by atoms with Gasteiger partial charge >= 0.3 is 0 Å². The molecule has 6 nitrogen and oxygen atoms in total. The van der Waals surface area contributed by atoms with Gasteiger partial charge in [-0.3, -0.25) is 10.1 Å². The van der Waals surface area contributed by atoms with Gasteiger partial charge in [0.2, 0.25) is 0 Å². The lowest BCUT2D eigenvalue weighted by Crippen LogP contribution is -2.10. The third kappa shape index (κ3) is 4.40. The highest BCUT2D eigenvalue weighted by molar-refractivity contribution is 6.22. The predicted octanol–water partition coefficient (Wildman–Crippen LogP) is 8.61. The summed E-state index contributed by atoms with van der Waals surface area (Å²) in [5.74, 6) is 0.504. The monoisotopic (exact) mass is 507 g/mol. The number of nitro groups is 1. The summed E-state index contributed by atoms with van der Waals surface area (Å²) in [6, 6.07) is 23.2. The van der Waals surface area contributed by atoms with Gasteiger partial charge in [0, 0.05) is 45.4 Å². The van der Waals surface area contributed by atoms with Gasteiger partial charge in [0.25, 0.3) is 5.69 Å². The minimum Gasteiger partial charge on any atom is -0.410 e. The first-order valence-electron chi connectivity index (χ1n) is 13.4. The highest BCUT2D eigenvalue weighted by atomic mass is 16.6. The minimum atomic E-state index is -0.293. The van der Waals surface area contributed by atoms with Crippen molar-refractivity contribution in [1.29, 1.82) is 0 Å². The lowest BCUT2D eigenvalue weighted by Gasteiger charge is -2.18. The second-order valence-electron chi connectivity index (χ2n) is 10.1. The molecule has 0 fully saturated rings. The van der Waals surface area contributed by atoms with Crippen LogP contribution in [0.1, 0.15) is 56.2 Å². The topological polar surface area (TPSA) is 80.7 Å². The number of benzene rings is 4. The molecule has 0 bridgehead atoms. The summed E-state index contributed by atoms with van der Waals surface area (Å²) in [4.78, 5) is 11.8. The van der Waals surface area contributed by atoms with Gasteiger partial charge in [0.1, 0.15) is 5.71 Å². The molecule has 0 aliphatic carbocycles. The smallest absolute Gasteiger partial charge is 0.277 e. The number of hydrogen-bond acceptors (Lipinski definition) is 4. The Morgan fingerprint density at radius 1 is 0.974 bits per heavy atom. The number of unbranched alkanes of at least 4 members (excludes halogenated alkanes) is 1. The van der Waals surface area contributed by atoms with E-state index in [1.165, 1.54) is 6.42 Å². The molecule has 1 aromatic heterocycles. The van der Waals surface area contributed by atoms with Gasteiger partial charge in [-0.25, -0.2) is 0 Å². The number of fused-ring (bicyclic) bond motifs is 5. The van der Waals surface area contributed by atoms with Crippen molar-refractivity contribution < 1.29 is 10.1 Å². The fourth-order valence-corrected chi connectivity index (χ4v) is 5.71. The maximum Gasteiger partial charge on any atom is 0.277 e. The normalized spacial score (nSPS) is 13.0. The number of aromatic nitrogens is 1. The summed E-state index contributed by atoms with van der Waals surface area (Å²) in [5, 5.41) is 29.1. The van der Waals surface area contributed by atoms with Crippen LogP contribution < -0.4 is 0 Å². The molecule has 1 N–H and O–H groups in total. The van der Waals surface area contributed by atoms with Crippen LogP contribution in [0.2, 0.25) is 0 Å². The van der Waals surface area contributed by atoms with Gasteiger partial charge in [-0.05, 0) is 43.0 Å². The van der Waals surface area contributed by atoms with E-state index in [1.54, 1.807) is 6.07 Å². The standard InChI is InChI=1S/C32H33N3O3/c1-4-6-12-22(5-2)20-34-29-17-16-23(31(33-36)24-13-8-7-11-21(24)3)18-27(29)28-19-30(35(37)38)25-14-9-10-15-26(25)32(28)34/h7-11,13-19,22,36H,4-6,12,20H2,1-3H3/b33-31-. The third-order valence-corrected chi connectivity index (χ3v) is 7.80. The Morgan fingerprint density at radius 3 is 2.39 bits per heavy atom. The van der Waals surface area contributed by atoms with Crippen LogP contribution in [0.15, 0.2) is 78.0 Å². The molecule has 1 atom stereocenters. The Balaban J connectivity index is 1.82. The van der Waals surface area contributed by atoms with Crippen LogP contribution in [-0.2, 0) is 6.54 Å². The lowest BCUT2D eigenvalue weighted by atomic mass is 9.96. The first-order chi connectivity index (χ1) is 18.5. The number of hydrogen-bond donors (Lipinski definition) is 1. The van der Waals surface area contributed by atoms with Crippen LogP contribution in [0.3, 0.4) is 0 Å². The lowest BCUT2D eigenvalue weighted by molar-refractivity contribution is -0.382. The molecule has 194 valence electrons. The zero-order valence-electron chi connectivity index (χ0n) is 22.1. The minimum absolute atomic E-state index is 0.102. The highest BCUT2D eigenvalue weighted by Gasteiger charge is 2.23. The maximum absolute atomic E-state index is 12.1. The fraction of sp³-hybridized carbons (Fsp3) is 0.281. The molecule has 0 aliphatic rings. The van der Waals surface area contributed by atoms with Gasteiger partial charge in [0.05, 0.1) is 15.8 Å². The van der Waals surface area contributed by atoms with E-state index in [0.29, 0.717) is 17.0 Å². The van der Waals surface area contributed by atoms with Crippen LogP contribution in [0.4, 0.5) is 5.69 Å². The largest absolute Gasteiger partial charge is 0.410 e. The molecule has 0 saturated heterocycles. The summed E-state index contributed by atoms with van der Waals surface area (Å²) in [7, 11) is 0. The fourth-order valence-electron chi connectivity index (χ4n) is 5.71. The Morgan fingerprint density at radius 2 is 1.71 bits per heavy atom. The SMILES string of the molecule is CCCCC(CC)Cn1c2ccc(/C(=N/O)c3ccccc3C)cc2c2cc([N+](=O)[O-])c3ccccc3c21. The molecule has 0 amide bonds. The highest BCUT2D eigenvalue weighted by Crippen LogP contribution is 2.40. The zero-order chi connectivity index (χ0) is 26.8. The molecular formula is C32H33N3O3. The van der Waals surface area contributed by atoms with Crippen molar-refractivity contribution in [3.05, 3.63) is 99.6 Å². The second-order valence-corrected chi connectivity index (χ2v) is 10.1. The summed E-state index contributed by atoms with van der Waals surface area (Å²) < 4.78 is 2.36. The molecule has 5 aromatic rings. The van der Waals surface area contributed by atoms with E-state index >= 15 is 0 Å². The molecule has 38 heavy (non-hydrogen) atoms. The summed E-state index contributed by atoms with van der Waals surface area (Å²) in [6.07, 6.45) is 4.55. The van der Waals surface area contributed by atoms with Crippen molar-refractivity contribution in [1.82, 2.24) is 4.57 Å². The molecule has 1 unspecified atom stereocenters. The number of oxime groups is 1. The van der Waals surface area contributed by atoms with Crippen molar-refractivity contribution in [2.24, 2.45) is 11.1 Å². The quantitative estimate of drug-likeness (QED) is 0.0938. The van der Waals surface area contributed by atoms with Gasteiger partial charge in [-0.15, -0.1) is 0 Å². The summed E-state index contributed by atoms with van der Waals surface area (Å²) >= 11 is 0. The van der Waals surface area contributed by atoms with Gasteiger partial charge < -0.3 is 9.77 Å². The zero-order valence-corrected chi connectivity index (χ0v) is 22.1. The van der Waals surface area contributed by atoms with Crippen LogP contribution in [0.25, 0.3) is 32.6 Å². The Hall–Kier alpha value is -4.19. The van der Waals surface area contributed by atoms with Crippen molar-refractivity contribution in [2.45, 2.75) is 53.0 Å². The first-order valence-corrected chi connectivity index (χ1v) is 13.4. The van der Waals surface area contributed by atoms with Crippen molar-refractivity contribution >= 4 is 44.0 Å². The molecule has 5 rings (SSSR count). The van der Waals surface area contributed by atoms with E-state index in [4.69, 9.17) is 0 Å². The molecule has 0 saturated carbocycles. The van der Waals surface area contributed by atoms with Crippen LogP contribution in [-0.4, -0.2) is 20.4 Å². The van der Waals surface area contributed by atoms with E-state index in [-0.39, 0.29) is 10.6 Å². The molecule has 6 heteroatoms. The predicted molar refractivity (Wildman–Crippen MR) is 156 cm³/mol. The average Bonchev–Trinajstić information content (AvgIpc) is 3.24. The average molecular weight is 508 g/mol. The molecule has 0 radical (unpaired) electrons. The van der Waals surface area contributed by atoms with Gasteiger partial charge in [0.15, 0.2) is 0 Å². The third-order valence-electron chi connectivity index (χ3n) is 7.80. The number of nitro benzene ring substituents is 1. The summed E-state index contributed by atoms with van der Waals surface area (Å²) in [6.45, 7) is 7.29. The van der Waals surface area contributed by atoms with Crippen molar-refractivity contribution in [3.63, 3.8) is 0 Å². The molecular weight excluding hydrogens is 474 g/mol. The van der Waals surface area contributed by atoms with Crippen LogP contribution >= 0.6 is 0 Å². The van der Waals surface area contributed by atoms with Gasteiger partial charge in [-0.2, -0.15) is 0 Å². The van der Waals surface area contributed by atoms with E-state index < -0.39 is 0 Å². The van der Waals surface area contributed by atoms with E-state index in [1.807, 2.05) is 67.6 Å². The first kappa shape index (κ1) is 25.5. The number of non-ortho nitro benzene ring substituents is 1. The molecule has 0 spiro atoms. The number of aryl methyl sites for hydroxylation is 1. The second kappa shape index (κ2) is 10.7.